The van der Waals surface area contributed by atoms with Crippen molar-refractivity contribution in [2.24, 2.45) is 5.92 Å². The van der Waals surface area contributed by atoms with E-state index in [4.69, 9.17) is 12.1 Å². The first-order chi connectivity index (χ1) is 16.9. The third kappa shape index (κ3) is 5.58. The molecule has 1 aliphatic rings. The summed E-state index contributed by atoms with van der Waals surface area (Å²) < 4.78 is 9.52. The summed E-state index contributed by atoms with van der Waals surface area (Å²) >= 11 is 0. The highest BCUT2D eigenvalue weighted by Crippen LogP contribution is 2.26. The number of fused-ring (bicyclic) bond motifs is 1. The minimum Gasteiger partial charge on any atom is -0.380 e. The van der Waals surface area contributed by atoms with Gasteiger partial charge in [-0.15, -0.1) is 5.10 Å². The van der Waals surface area contributed by atoms with E-state index in [1.165, 1.54) is 18.4 Å². The van der Waals surface area contributed by atoms with Gasteiger partial charge in [0.05, 0.1) is 11.9 Å². The van der Waals surface area contributed by atoms with Crippen molar-refractivity contribution >= 4 is 23.2 Å². The number of nitrogens with two attached hydrogens (primary N) is 1. The quantitative estimate of drug-likeness (QED) is 0.495. The SMILES string of the molecule is [2H]CC(CCC)Nc1nc(N)c2ncc(Cc3cnc(N4CCC(CN(C)C)CC4)c(C)c3)n2n1. The number of nitrogen functional groups attached to an aromatic ring is 1. The van der Waals surface area contributed by atoms with Crippen LogP contribution in [0.2, 0.25) is 0 Å². The van der Waals surface area contributed by atoms with Gasteiger partial charge in [0.15, 0.2) is 11.5 Å². The van der Waals surface area contributed by atoms with Gasteiger partial charge in [-0.25, -0.2) is 14.5 Å². The normalized spacial score (nSPS) is 16.3. The molecule has 34 heavy (non-hydrogen) atoms. The zero-order valence-corrected chi connectivity index (χ0v) is 21.0. The molecule has 0 aromatic carbocycles. The number of aryl methyl sites for hydroxylation is 1. The maximum atomic E-state index is 7.76. The summed E-state index contributed by atoms with van der Waals surface area (Å²) in [7, 11) is 4.30. The number of imidazole rings is 1. The van der Waals surface area contributed by atoms with E-state index in [0.717, 1.165) is 55.5 Å². The molecular formula is C25H39N9. The summed E-state index contributed by atoms with van der Waals surface area (Å²) in [6, 6.07) is 2.21. The second-order valence-electron chi connectivity index (χ2n) is 9.79. The highest BCUT2D eigenvalue weighted by Gasteiger charge is 2.22. The van der Waals surface area contributed by atoms with Gasteiger partial charge in [0, 0.05) is 39.7 Å². The van der Waals surface area contributed by atoms with Gasteiger partial charge in [0.25, 0.3) is 0 Å². The molecule has 3 aromatic heterocycles. The first-order valence-corrected chi connectivity index (χ1v) is 12.3. The molecule has 0 radical (unpaired) electrons. The molecular weight excluding hydrogens is 426 g/mol. The van der Waals surface area contributed by atoms with Crippen molar-refractivity contribution in [3.05, 3.63) is 35.3 Å². The number of pyridine rings is 1. The van der Waals surface area contributed by atoms with Gasteiger partial charge in [0.1, 0.15) is 5.82 Å². The van der Waals surface area contributed by atoms with E-state index in [2.05, 4.69) is 64.2 Å². The van der Waals surface area contributed by atoms with E-state index >= 15 is 0 Å². The van der Waals surface area contributed by atoms with Gasteiger partial charge in [-0.3, -0.25) is 0 Å². The Morgan fingerprint density at radius 2 is 2.06 bits per heavy atom. The number of rotatable bonds is 9. The van der Waals surface area contributed by atoms with Crippen LogP contribution in [0.3, 0.4) is 0 Å². The van der Waals surface area contributed by atoms with Crippen LogP contribution in [0.1, 0.15) is 57.7 Å². The molecule has 0 aliphatic carbocycles. The number of anilines is 3. The Hall–Kier alpha value is -2.94. The van der Waals surface area contributed by atoms with Crippen molar-refractivity contribution in [2.75, 3.05) is 49.7 Å². The largest absolute Gasteiger partial charge is 0.380 e. The summed E-state index contributed by atoms with van der Waals surface area (Å²) in [6.45, 7) is 7.78. The van der Waals surface area contributed by atoms with Crippen molar-refractivity contribution < 1.29 is 1.37 Å². The lowest BCUT2D eigenvalue weighted by Crippen LogP contribution is -2.37. The predicted octanol–water partition coefficient (Wildman–Crippen LogP) is 3.38. The molecule has 9 heteroatoms. The first kappa shape index (κ1) is 22.8. The smallest absolute Gasteiger partial charge is 0.243 e. The Morgan fingerprint density at radius 1 is 1.26 bits per heavy atom. The lowest BCUT2D eigenvalue weighted by atomic mass is 9.96. The standard InChI is InChI=1S/C25H39N9/c1-6-7-18(3)29-25-30-22(26)24-28-15-21(34(24)31-25)13-20-12-17(2)23(27-14-20)33-10-8-19(9-11-33)16-32(4)5/h12,14-15,18-19H,6-11,13,16H2,1-5H3,(H3,26,29,30,31)/i3D. The molecule has 0 bridgehead atoms. The highest BCUT2D eigenvalue weighted by molar-refractivity contribution is 5.61. The van der Waals surface area contributed by atoms with E-state index in [-0.39, 0.29) is 12.9 Å². The molecule has 1 saturated heterocycles. The molecule has 1 fully saturated rings. The fraction of sp³-hybridized carbons (Fsp3) is 0.600. The average molecular weight is 467 g/mol. The maximum Gasteiger partial charge on any atom is 0.243 e. The van der Waals surface area contributed by atoms with E-state index in [9.17, 15) is 0 Å². The molecule has 3 N–H and O–H groups in total. The van der Waals surface area contributed by atoms with Crippen LogP contribution in [0, 0.1) is 12.8 Å². The minimum atomic E-state index is -0.00355. The van der Waals surface area contributed by atoms with E-state index in [0.29, 0.717) is 23.8 Å². The van der Waals surface area contributed by atoms with E-state index < -0.39 is 0 Å². The van der Waals surface area contributed by atoms with Crippen molar-refractivity contribution in [3.63, 3.8) is 0 Å². The molecule has 1 unspecified atom stereocenters. The zero-order valence-electron chi connectivity index (χ0n) is 22.0. The molecule has 4 rings (SSSR count). The Bertz CT molecular complexity index is 1120. The number of aromatic nitrogens is 5. The Labute approximate surface area is 204 Å². The number of nitrogens with one attached hydrogen (secondary N) is 1. The van der Waals surface area contributed by atoms with Gasteiger partial charge >= 0.3 is 0 Å². The molecule has 9 nitrogen and oxygen atoms in total. The van der Waals surface area contributed by atoms with Crippen LogP contribution in [-0.4, -0.2) is 69.2 Å². The lowest BCUT2D eigenvalue weighted by Gasteiger charge is -2.34. The van der Waals surface area contributed by atoms with Gasteiger partial charge in [-0.2, -0.15) is 4.98 Å². The number of piperidine rings is 1. The summed E-state index contributed by atoms with van der Waals surface area (Å²) in [6.07, 6.45) is 8.70. The molecule has 3 aromatic rings. The van der Waals surface area contributed by atoms with Crippen LogP contribution >= 0.6 is 0 Å². The van der Waals surface area contributed by atoms with Crippen LogP contribution in [-0.2, 0) is 6.42 Å². The van der Waals surface area contributed by atoms with E-state index in [1.807, 2.05) is 6.20 Å². The van der Waals surface area contributed by atoms with Crippen LogP contribution in [0.25, 0.3) is 5.65 Å². The van der Waals surface area contributed by atoms with Crippen LogP contribution < -0.4 is 16.0 Å². The second kappa shape index (κ2) is 10.5. The maximum absolute atomic E-state index is 7.76. The summed E-state index contributed by atoms with van der Waals surface area (Å²) in [5, 5.41) is 7.89. The molecule has 4 heterocycles. The fourth-order valence-electron chi connectivity index (χ4n) is 4.84. The second-order valence-corrected chi connectivity index (χ2v) is 9.79. The lowest BCUT2D eigenvalue weighted by molar-refractivity contribution is 0.284. The number of nitrogens with zero attached hydrogens (tertiary/aromatic N) is 7. The highest BCUT2D eigenvalue weighted by atomic mass is 15.3. The molecule has 184 valence electrons. The van der Waals surface area contributed by atoms with E-state index in [1.54, 1.807) is 10.7 Å². The number of hydrogen-bond donors (Lipinski definition) is 2. The third-order valence-electron chi connectivity index (χ3n) is 6.46. The Kier molecular flexibility index (Phi) is 7.08. The fourth-order valence-corrected chi connectivity index (χ4v) is 4.84. The predicted molar refractivity (Wildman–Crippen MR) is 138 cm³/mol. The Morgan fingerprint density at radius 3 is 2.74 bits per heavy atom. The van der Waals surface area contributed by atoms with Gasteiger partial charge in [0.2, 0.25) is 5.95 Å². The molecule has 0 saturated carbocycles. The van der Waals surface area contributed by atoms with Crippen LogP contribution in [0.4, 0.5) is 17.6 Å². The number of hydrogen-bond acceptors (Lipinski definition) is 8. The van der Waals surface area contributed by atoms with Crippen molar-refractivity contribution in [3.8, 4) is 0 Å². The molecule has 0 amide bonds. The van der Waals surface area contributed by atoms with Crippen LogP contribution in [0.5, 0.6) is 0 Å². The van der Waals surface area contributed by atoms with Gasteiger partial charge in [-0.1, -0.05) is 19.4 Å². The van der Waals surface area contributed by atoms with Crippen molar-refractivity contribution in [1.29, 1.82) is 0 Å². The Balaban J connectivity index is 1.48. The molecule has 0 spiro atoms. The molecule has 1 aliphatic heterocycles. The summed E-state index contributed by atoms with van der Waals surface area (Å²) in [4.78, 5) is 18.4. The molecule has 1 atom stereocenters. The van der Waals surface area contributed by atoms with Crippen molar-refractivity contribution in [1.82, 2.24) is 29.5 Å². The topological polar surface area (TPSA) is 100 Å². The van der Waals surface area contributed by atoms with Gasteiger partial charge in [-0.05, 0) is 64.2 Å². The first-order valence-electron chi connectivity index (χ1n) is 13.0. The minimum absolute atomic E-state index is 0.00355. The summed E-state index contributed by atoms with van der Waals surface area (Å²) in [5.74, 6) is 2.62. The van der Waals surface area contributed by atoms with Gasteiger partial charge < -0.3 is 20.9 Å². The summed E-state index contributed by atoms with van der Waals surface area (Å²) in [5.41, 5.74) is 9.95. The zero-order chi connectivity index (χ0) is 24.9. The average Bonchev–Trinajstić information content (AvgIpc) is 3.22. The van der Waals surface area contributed by atoms with Crippen LogP contribution in [0.15, 0.2) is 18.5 Å². The monoisotopic (exact) mass is 466 g/mol. The van der Waals surface area contributed by atoms with Crippen molar-refractivity contribution in [2.45, 2.75) is 58.9 Å². The third-order valence-corrected chi connectivity index (χ3v) is 6.46.